The molecule has 4 rings (SSSR count). The van der Waals surface area contributed by atoms with Crippen molar-refractivity contribution in [2.75, 3.05) is 11.5 Å². The first-order chi connectivity index (χ1) is 10.5. The van der Waals surface area contributed by atoms with Crippen molar-refractivity contribution < 1.29 is 8.42 Å². The van der Waals surface area contributed by atoms with Gasteiger partial charge in [-0.2, -0.15) is 5.10 Å². The van der Waals surface area contributed by atoms with Crippen LogP contribution in [-0.4, -0.2) is 34.7 Å². The molecule has 0 unspecified atom stereocenters. The first-order valence-electron chi connectivity index (χ1n) is 7.10. The second-order valence-electron chi connectivity index (χ2n) is 5.73. The Labute approximate surface area is 132 Å². The van der Waals surface area contributed by atoms with Gasteiger partial charge in [0.05, 0.1) is 39.2 Å². The van der Waals surface area contributed by atoms with Gasteiger partial charge in [-0.3, -0.25) is 0 Å². The van der Waals surface area contributed by atoms with E-state index >= 15 is 0 Å². The van der Waals surface area contributed by atoms with Crippen molar-refractivity contribution >= 4 is 43.4 Å². The number of halogens is 1. The Morgan fingerprint density at radius 2 is 2.09 bits per heavy atom. The molecule has 0 amide bonds. The highest BCUT2D eigenvalue weighted by Crippen LogP contribution is 2.35. The van der Waals surface area contributed by atoms with Gasteiger partial charge in [0.1, 0.15) is 0 Å². The molecule has 1 saturated heterocycles. The van der Waals surface area contributed by atoms with E-state index in [2.05, 4.69) is 10.1 Å². The first-order valence-corrected chi connectivity index (χ1v) is 9.30. The van der Waals surface area contributed by atoms with Gasteiger partial charge in [-0.15, -0.1) is 0 Å². The summed E-state index contributed by atoms with van der Waals surface area (Å²) < 4.78 is 25.2. The van der Waals surface area contributed by atoms with Crippen LogP contribution in [0.4, 0.5) is 0 Å². The number of para-hydroxylation sites is 1. The van der Waals surface area contributed by atoms with Crippen LogP contribution >= 0.6 is 11.6 Å². The Kier molecular flexibility index (Phi) is 2.96. The molecule has 0 saturated carbocycles. The number of aryl methyl sites for hydroxylation is 1. The second-order valence-corrected chi connectivity index (χ2v) is 8.34. The van der Waals surface area contributed by atoms with Crippen LogP contribution in [0.15, 0.2) is 24.3 Å². The summed E-state index contributed by atoms with van der Waals surface area (Å²) in [6, 6.07) is 7.50. The molecule has 1 aliphatic rings. The zero-order valence-electron chi connectivity index (χ0n) is 12.0. The maximum atomic E-state index is 11.7. The summed E-state index contributed by atoms with van der Waals surface area (Å²) in [6.45, 7) is 1.88. The molecule has 3 heterocycles. The Morgan fingerprint density at radius 1 is 1.32 bits per heavy atom. The SMILES string of the molecule is Cc1nn([C@H]2CCS(=O)(=O)C2)c2nc3ccccc3c(Cl)c12. The van der Waals surface area contributed by atoms with Gasteiger partial charge >= 0.3 is 0 Å². The van der Waals surface area contributed by atoms with E-state index in [4.69, 9.17) is 11.6 Å². The lowest BCUT2D eigenvalue weighted by Crippen LogP contribution is -2.13. The average molecular weight is 336 g/mol. The summed E-state index contributed by atoms with van der Waals surface area (Å²) in [4.78, 5) is 4.67. The third-order valence-corrected chi connectivity index (χ3v) is 6.34. The lowest BCUT2D eigenvalue weighted by atomic mass is 10.1. The lowest BCUT2D eigenvalue weighted by Gasteiger charge is -2.10. The van der Waals surface area contributed by atoms with Crippen LogP contribution in [0.25, 0.3) is 21.9 Å². The number of hydrogen-bond donors (Lipinski definition) is 0. The fourth-order valence-electron chi connectivity index (χ4n) is 3.13. The van der Waals surface area contributed by atoms with Crippen LogP contribution in [0.2, 0.25) is 5.02 Å². The van der Waals surface area contributed by atoms with Crippen LogP contribution in [0.5, 0.6) is 0 Å². The Hall–Kier alpha value is -1.66. The molecule has 1 aromatic carbocycles. The molecule has 0 bridgehead atoms. The van der Waals surface area contributed by atoms with E-state index in [1.54, 1.807) is 4.68 Å². The summed E-state index contributed by atoms with van der Waals surface area (Å²) >= 11 is 6.54. The van der Waals surface area contributed by atoms with Crippen LogP contribution in [0.3, 0.4) is 0 Å². The molecular formula is C15H14ClN3O2S. The van der Waals surface area contributed by atoms with Gasteiger partial charge in [-0.1, -0.05) is 29.8 Å². The number of benzene rings is 1. The molecule has 0 spiro atoms. The highest BCUT2D eigenvalue weighted by atomic mass is 35.5. The van der Waals surface area contributed by atoms with Gasteiger partial charge in [-0.25, -0.2) is 18.1 Å². The molecule has 0 N–H and O–H groups in total. The largest absolute Gasteiger partial charge is 0.243 e. The zero-order chi connectivity index (χ0) is 15.5. The van der Waals surface area contributed by atoms with Crippen molar-refractivity contribution in [3.63, 3.8) is 0 Å². The van der Waals surface area contributed by atoms with Crippen molar-refractivity contribution in [3.05, 3.63) is 35.0 Å². The van der Waals surface area contributed by atoms with E-state index in [-0.39, 0.29) is 17.5 Å². The summed E-state index contributed by atoms with van der Waals surface area (Å²) in [5.74, 6) is 0.328. The Balaban J connectivity index is 2.01. The maximum Gasteiger partial charge on any atom is 0.160 e. The van der Waals surface area contributed by atoms with Crippen molar-refractivity contribution in [2.24, 2.45) is 0 Å². The fraction of sp³-hybridized carbons (Fsp3) is 0.333. The van der Waals surface area contributed by atoms with E-state index in [0.29, 0.717) is 17.1 Å². The minimum Gasteiger partial charge on any atom is -0.243 e. The topological polar surface area (TPSA) is 64.8 Å². The normalized spacial score (nSPS) is 20.9. The number of pyridine rings is 1. The number of rotatable bonds is 1. The smallest absolute Gasteiger partial charge is 0.160 e. The van der Waals surface area contributed by atoms with E-state index < -0.39 is 9.84 Å². The molecule has 1 fully saturated rings. The van der Waals surface area contributed by atoms with E-state index in [0.717, 1.165) is 22.0 Å². The van der Waals surface area contributed by atoms with Gasteiger partial charge in [0.2, 0.25) is 0 Å². The van der Waals surface area contributed by atoms with Gasteiger partial charge in [0.25, 0.3) is 0 Å². The third-order valence-electron chi connectivity index (χ3n) is 4.20. The minimum atomic E-state index is -2.98. The van der Waals surface area contributed by atoms with E-state index in [9.17, 15) is 8.42 Å². The lowest BCUT2D eigenvalue weighted by molar-refractivity contribution is 0.509. The Morgan fingerprint density at radius 3 is 2.82 bits per heavy atom. The zero-order valence-corrected chi connectivity index (χ0v) is 13.5. The van der Waals surface area contributed by atoms with E-state index in [1.165, 1.54) is 0 Å². The van der Waals surface area contributed by atoms with Crippen LogP contribution in [0, 0.1) is 6.92 Å². The van der Waals surface area contributed by atoms with Crippen molar-refractivity contribution in [3.8, 4) is 0 Å². The van der Waals surface area contributed by atoms with Gasteiger partial charge < -0.3 is 0 Å². The van der Waals surface area contributed by atoms with Gasteiger partial charge in [0.15, 0.2) is 15.5 Å². The second kappa shape index (κ2) is 4.67. The molecule has 5 nitrogen and oxygen atoms in total. The highest BCUT2D eigenvalue weighted by molar-refractivity contribution is 7.91. The van der Waals surface area contributed by atoms with Gasteiger partial charge in [0, 0.05) is 5.39 Å². The fourth-order valence-corrected chi connectivity index (χ4v) is 5.20. The molecule has 0 aliphatic carbocycles. The molecule has 0 radical (unpaired) electrons. The number of nitrogens with zero attached hydrogens (tertiary/aromatic N) is 3. The molecule has 7 heteroatoms. The molecule has 2 aromatic heterocycles. The molecular weight excluding hydrogens is 322 g/mol. The Bertz CT molecular complexity index is 1010. The third kappa shape index (κ3) is 2.01. The van der Waals surface area contributed by atoms with Gasteiger partial charge in [-0.05, 0) is 19.4 Å². The predicted octanol–water partition coefficient (Wildman–Crippen LogP) is 2.91. The maximum absolute atomic E-state index is 11.7. The molecule has 1 atom stereocenters. The summed E-state index contributed by atoms with van der Waals surface area (Å²) in [6.07, 6.45) is 0.574. The number of hydrogen-bond acceptors (Lipinski definition) is 4. The monoisotopic (exact) mass is 335 g/mol. The summed E-state index contributed by atoms with van der Waals surface area (Å²) in [5, 5.41) is 6.85. The molecule has 3 aromatic rings. The number of aromatic nitrogens is 3. The quantitative estimate of drug-likeness (QED) is 0.686. The minimum absolute atomic E-state index is 0.120. The standard InChI is InChI=1S/C15H14ClN3O2S/c1-9-13-14(16)11-4-2-3-5-12(11)17-15(13)19(18-9)10-6-7-22(20,21)8-10/h2-5,10H,6-8H2,1H3/t10-/m0/s1. The van der Waals surface area contributed by atoms with Crippen LogP contribution < -0.4 is 0 Å². The molecule has 22 heavy (non-hydrogen) atoms. The summed E-state index contributed by atoms with van der Waals surface area (Å²) in [7, 11) is -2.98. The summed E-state index contributed by atoms with van der Waals surface area (Å²) in [5.41, 5.74) is 2.24. The van der Waals surface area contributed by atoms with Crippen molar-refractivity contribution in [1.82, 2.24) is 14.8 Å². The van der Waals surface area contributed by atoms with Crippen LogP contribution in [0.1, 0.15) is 18.2 Å². The predicted molar refractivity (Wildman–Crippen MR) is 87.1 cm³/mol. The van der Waals surface area contributed by atoms with Crippen molar-refractivity contribution in [1.29, 1.82) is 0 Å². The molecule has 1 aliphatic heterocycles. The molecule has 114 valence electrons. The van der Waals surface area contributed by atoms with Crippen LogP contribution in [-0.2, 0) is 9.84 Å². The number of sulfone groups is 1. The average Bonchev–Trinajstić information content (AvgIpc) is 2.99. The van der Waals surface area contributed by atoms with Crippen molar-refractivity contribution in [2.45, 2.75) is 19.4 Å². The number of fused-ring (bicyclic) bond motifs is 2. The van der Waals surface area contributed by atoms with E-state index in [1.807, 2.05) is 31.2 Å². The first kappa shape index (κ1) is 14.0. The highest BCUT2D eigenvalue weighted by Gasteiger charge is 2.31.